The van der Waals surface area contributed by atoms with Gasteiger partial charge in [-0.15, -0.1) is 10.2 Å². The minimum atomic E-state index is 0.256. The maximum Gasteiger partial charge on any atom is 0.216 e. The summed E-state index contributed by atoms with van der Waals surface area (Å²) in [4.78, 5) is 9.59. The van der Waals surface area contributed by atoms with Gasteiger partial charge >= 0.3 is 0 Å². The summed E-state index contributed by atoms with van der Waals surface area (Å²) >= 11 is 0. The van der Waals surface area contributed by atoms with E-state index in [4.69, 9.17) is 4.98 Å². The molecule has 0 atom stereocenters. The summed E-state index contributed by atoms with van der Waals surface area (Å²) in [5.41, 5.74) is 3.20. The number of H-pyrrole nitrogens is 1. The van der Waals surface area contributed by atoms with Gasteiger partial charge in [0.2, 0.25) is 5.82 Å². The summed E-state index contributed by atoms with van der Waals surface area (Å²) in [6.07, 6.45) is 1.57. The second-order valence-electron chi connectivity index (χ2n) is 6.84. The topological polar surface area (TPSA) is 110 Å². The number of pyridine rings is 1. The van der Waals surface area contributed by atoms with Crippen LogP contribution >= 0.6 is 0 Å². The van der Waals surface area contributed by atoms with Crippen LogP contribution in [0.25, 0.3) is 16.5 Å². The highest BCUT2D eigenvalue weighted by molar-refractivity contribution is 5.83. The highest BCUT2D eigenvalue weighted by atomic mass is 15.5. The van der Waals surface area contributed by atoms with Gasteiger partial charge in [-0.3, -0.25) is 9.88 Å². The molecule has 0 unspecified atom stereocenters. The van der Waals surface area contributed by atoms with Gasteiger partial charge in [-0.2, -0.15) is 10.5 Å². The van der Waals surface area contributed by atoms with Crippen molar-refractivity contribution < 1.29 is 0 Å². The molecular weight excluding hydrogens is 354 g/mol. The van der Waals surface area contributed by atoms with Crippen molar-refractivity contribution in [2.75, 3.05) is 38.5 Å². The van der Waals surface area contributed by atoms with Crippen molar-refractivity contribution in [2.45, 2.75) is 6.54 Å². The molecule has 4 rings (SSSR count). The molecule has 1 fully saturated rings. The highest BCUT2D eigenvalue weighted by Crippen LogP contribution is 2.20. The van der Waals surface area contributed by atoms with E-state index in [0.29, 0.717) is 5.57 Å². The van der Waals surface area contributed by atoms with Gasteiger partial charge in [-0.05, 0) is 36.5 Å². The number of likely N-dealkylation sites (N-methyl/N-ethyl adjacent to an activating group) is 1. The van der Waals surface area contributed by atoms with Crippen LogP contribution in [0.2, 0.25) is 0 Å². The molecule has 28 heavy (non-hydrogen) atoms. The standard InChI is InChI=1S/C19H21N9/c1-27-6-8-28(9-7-27)13-17-3-2-14-10-16(4-5-18(14)22-17)21-12-15(11-20)19-23-25-26-24-19/h2-5,10,12,21H,6-9,13H2,1H3,(H,23,24,25,26). The molecule has 0 amide bonds. The van der Waals surface area contributed by atoms with E-state index in [1.165, 1.54) is 0 Å². The second-order valence-corrected chi connectivity index (χ2v) is 6.84. The predicted molar refractivity (Wildman–Crippen MR) is 106 cm³/mol. The Balaban J connectivity index is 1.47. The van der Waals surface area contributed by atoms with Crippen molar-refractivity contribution in [1.29, 1.82) is 5.26 Å². The number of aromatic nitrogens is 5. The minimum Gasteiger partial charge on any atom is -0.360 e. The molecule has 3 aromatic rings. The molecule has 1 aliphatic heterocycles. The Labute approximate surface area is 162 Å². The molecule has 142 valence electrons. The van der Waals surface area contributed by atoms with Crippen LogP contribution in [-0.2, 0) is 6.54 Å². The van der Waals surface area contributed by atoms with Crippen LogP contribution in [-0.4, -0.2) is 68.6 Å². The van der Waals surface area contributed by atoms with E-state index in [9.17, 15) is 5.26 Å². The Morgan fingerprint density at radius 2 is 2.11 bits per heavy atom. The van der Waals surface area contributed by atoms with Crippen molar-refractivity contribution in [3.8, 4) is 6.07 Å². The zero-order chi connectivity index (χ0) is 19.3. The summed E-state index contributed by atoms with van der Waals surface area (Å²) < 4.78 is 0. The third kappa shape index (κ3) is 4.14. The summed E-state index contributed by atoms with van der Waals surface area (Å²) in [6, 6.07) is 12.2. The lowest BCUT2D eigenvalue weighted by molar-refractivity contribution is 0.147. The Hall–Kier alpha value is -3.35. The van der Waals surface area contributed by atoms with Crippen LogP contribution in [0.15, 0.2) is 36.5 Å². The molecule has 0 bridgehead atoms. The number of fused-ring (bicyclic) bond motifs is 1. The van der Waals surface area contributed by atoms with E-state index in [1.807, 2.05) is 18.2 Å². The first kappa shape index (κ1) is 18.0. The van der Waals surface area contributed by atoms with Crippen LogP contribution < -0.4 is 5.32 Å². The number of hydrogen-bond donors (Lipinski definition) is 2. The van der Waals surface area contributed by atoms with E-state index >= 15 is 0 Å². The van der Waals surface area contributed by atoms with E-state index in [0.717, 1.165) is 55.0 Å². The van der Waals surface area contributed by atoms with Crippen molar-refractivity contribution in [3.63, 3.8) is 0 Å². The second kappa shape index (κ2) is 8.12. The lowest BCUT2D eigenvalue weighted by Gasteiger charge is -2.32. The number of allylic oxidation sites excluding steroid dienone is 1. The van der Waals surface area contributed by atoms with Crippen LogP contribution in [0.4, 0.5) is 5.69 Å². The Kier molecular flexibility index (Phi) is 5.23. The summed E-state index contributed by atoms with van der Waals surface area (Å²) in [7, 11) is 2.16. The lowest BCUT2D eigenvalue weighted by atomic mass is 10.1. The number of nitrogens with zero attached hydrogens (tertiary/aromatic N) is 7. The number of nitrogens with one attached hydrogen (secondary N) is 2. The summed E-state index contributed by atoms with van der Waals surface area (Å²) in [6.45, 7) is 5.23. The number of aromatic amines is 1. The molecule has 1 saturated heterocycles. The maximum atomic E-state index is 9.23. The van der Waals surface area contributed by atoms with Crippen molar-refractivity contribution in [1.82, 2.24) is 35.4 Å². The van der Waals surface area contributed by atoms with E-state index < -0.39 is 0 Å². The van der Waals surface area contributed by atoms with Gasteiger partial charge in [0.25, 0.3) is 0 Å². The number of benzene rings is 1. The van der Waals surface area contributed by atoms with Crippen LogP contribution in [0.1, 0.15) is 11.5 Å². The Morgan fingerprint density at radius 1 is 1.25 bits per heavy atom. The van der Waals surface area contributed by atoms with Gasteiger partial charge in [0.15, 0.2) is 0 Å². The third-order valence-electron chi connectivity index (χ3n) is 4.82. The normalized spacial score (nSPS) is 16.2. The minimum absolute atomic E-state index is 0.256. The molecule has 0 radical (unpaired) electrons. The quantitative estimate of drug-likeness (QED) is 0.645. The lowest BCUT2D eigenvalue weighted by Crippen LogP contribution is -2.43. The third-order valence-corrected chi connectivity index (χ3v) is 4.82. The van der Waals surface area contributed by atoms with Crippen molar-refractivity contribution in [3.05, 3.63) is 48.1 Å². The first-order valence-corrected chi connectivity index (χ1v) is 9.12. The monoisotopic (exact) mass is 375 g/mol. The van der Waals surface area contributed by atoms with Crippen LogP contribution in [0, 0.1) is 11.3 Å². The van der Waals surface area contributed by atoms with E-state index in [1.54, 1.807) is 6.20 Å². The van der Waals surface area contributed by atoms with Gasteiger partial charge in [0.1, 0.15) is 11.6 Å². The van der Waals surface area contributed by atoms with E-state index in [2.05, 4.69) is 61.0 Å². The van der Waals surface area contributed by atoms with Crippen LogP contribution in [0.5, 0.6) is 0 Å². The molecule has 0 saturated carbocycles. The zero-order valence-electron chi connectivity index (χ0n) is 15.6. The SMILES string of the molecule is CN1CCN(Cc2ccc3cc(NC=C(C#N)c4nn[nH]n4)ccc3n2)CC1. The molecule has 9 nitrogen and oxygen atoms in total. The number of tetrazole rings is 1. The zero-order valence-corrected chi connectivity index (χ0v) is 15.6. The first-order valence-electron chi connectivity index (χ1n) is 9.12. The molecule has 3 heterocycles. The van der Waals surface area contributed by atoms with Crippen molar-refractivity contribution >= 4 is 22.2 Å². The molecular formula is C19H21N9. The molecule has 2 N–H and O–H groups in total. The van der Waals surface area contributed by atoms with Gasteiger partial charge in [-0.25, -0.2) is 0 Å². The molecule has 9 heteroatoms. The Bertz CT molecular complexity index is 1010. The summed E-state index contributed by atoms with van der Waals surface area (Å²) in [5, 5.41) is 26.8. The summed E-state index contributed by atoms with van der Waals surface area (Å²) in [5.74, 6) is 0.256. The van der Waals surface area contributed by atoms with Crippen LogP contribution in [0.3, 0.4) is 0 Å². The van der Waals surface area contributed by atoms with Gasteiger partial charge < -0.3 is 10.2 Å². The fourth-order valence-electron chi connectivity index (χ4n) is 3.16. The average Bonchev–Trinajstić information content (AvgIpc) is 3.25. The maximum absolute atomic E-state index is 9.23. The predicted octanol–water partition coefficient (Wildman–Crippen LogP) is 1.47. The van der Waals surface area contributed by atoms with Gasteiger partial charge in [0.05, 0.1) is 11.2 Å². The molecule has 2 aromatic heterocycles. The molecule has 0 spiro atoms. The largest absolute Gasteiger partial charge is 0.360 e. The first-order chi connectivity index (χ1) is 13.7. The van der Waals surface area contributed by atoms with Gasteiger partial charge in [0, 0.05) is 50.0 Å². The number of rotatable bonds is 5. The molecule has 0 aliphatic carbocycles. The molecule has 1 aromatic carbocycles. The fraction of sp³-hybridized carbons (Fsp3) is 0.316. The highest BCUT2D eigenvalue weighted by Gasteiger charge is 2.14. The van der Waals surface area contributed by atoms with Crippen molar-refractivity contribution in [2.24, 2.45) is 0 Å². The molecule has 1 aliphatic rings. The average molecular weight is 375 g/mol. The smallest absolute Gasteiger partial charge is 0.216 e. The number of hydrogen-bond acceptors (Lipinski definition) is 8. The number of nitriles is 1. The number of anilines is 1. The Morgan fingerprint density at radius 3 is 2.86 bits per heavy atom. The number of piperazine rings is 1. The fourth-order valence-corrected chi connectivity index (χ4v) is 3.16. The van der Waals surface area contributed by atoms with E-state index in [-0.39, 0.29) is 5.82 Å². The van der Waals surface area contributed by atoms with Gasteiger partial charge in [-0.1, -0.05) is 6.07 Å².